The Morgan fingerprint density at radius 3 is 2.53 bits per heavy atom. The summed E-state index contributed by atoms with van der Waals surface area (Å²) in [6, 6.07) is 0. The van der Waals surface area contributed by atoms with Crippen molar-refractivity contribution in [2.24, 2.45) is 11.3 Å². The lowest BCUT2D eigenvalue weighted by atomic mass is 10.1. The quantitative estimate of drug-likeness (QED) is 0.515. The molecule has 0 aromatic rings. The molecule has 1 aliphatic rings. The largest absolute Gasteiger partial charge is 0.480 e. The summed E-state index contributed by atoms with van der Waals surface area (Å²) in [6.07, 6.45) is 1.87. The highest BCUT2D eigenvalue weighted by Gasteiger charge is 2.56. The van der Waals surface area contributed by atoms with Crippen LogP contribution in [0.1, 0.15) is 33.1 Å². The van der Waals surface area contributed by atoms with Crippen molar-refractivity contribution < 1.29 is 14.7 Å². The average molecular weight is 259 g/mol. The number of thioether (sulfide) groups is 1. The van der Waals surface area contributed by atoms with Gasteiger partial charge in [0.15, 0.2) is 0 Å². The van der Waals surface area contributed by atoms with Gasteiger partial charge in [0.05, 0.1) is 0 Å². The van der Waals surface area contributed by atoms with E-state index in [1.807, 2.05) is 11.8 Å². The van der Waals surface area contributed by atoms with Gasteiger partial charge in [0.1, 0.15) is 5.41 Å². The van der Waals surface area contributed by atoms with E-state index in [1.165, 1.54) is 0 Å². The van der Waals surface area contributed by atoms with E-state index in [0.717, 1.165) is 17.9 Å². The fraction of sp³-hybridized carbons (Fsp3) is 0.833. The first-order valence-corrected chi connectivity index (χ1v) is 7.24. The Morgan fingerprint density at radius 1 is 1.41 bits per heavy atom. The Hall–Kier alpha value is -0.710. The first-order valence-electron chi connectivity index (χ1n) is 6.08. The molecule has 5 heteroatoms. The van der Waals surface area contributed by atoms with Crippen molar-refractivity contribution in [2.45, 2.75) is 33.1 Å². The van der Waals surface area contributed by atoms with Crippen LogP contribution in [0, 0.1) is 11.3 Å². The highest BCUT2D eigenvalue weighted by Crippen LogP contribution is 2.45. The van der Waals surface area contributed by atoms with Crippen LogP contribution in [-0.4, -0.2) is 35.0 Å². The molecule has 17 heavy (non-hydrogen) atoms. The highest BCUT2D eigenvalue weighted by atomic mass is 32.2. The number of hydrogen-bond donors (Lipinski definition) is 2. The monoisotopic (exact) mass is 259 g/mol. The molecule has 2 N–H and O–H groups in total. The standard InChI is InChI=1S/C12H21NO3S/c1-9(2)8-17-7-3-6-13-10(14)12(4-5-12)11(15)16/h9H,3-8H2,1-2H3,(H,13,14)(H,15,16). The van der Waals surface area contributed by atoms with E-state index in [0.29, 0.717) is 25.3 Å². The summed E-state index contributed by atoms with van der Waals surface area (Å²) in [5, 5.41) is 11.6. The summed E-state index contributed by atoms with van der Waals surface area (Å²) >= 11 is 1.87. The van der Waals surface area contributed by atoms with Crippen molar-refractivity contribution in [2.75, 3.05) is 18.1 Å². The van der Waals surface area contributed by atoms with E-state index in [-0.39, 0.29) is 5.91 Å². The van der Waals surface area contributed by atoms with E-state index in [2.05, 4.69) is 19.2 Å². The predicted octanol–water partition coefficient (Wildman–Crippen LogP) is 1.75. The molecule has 1 aliphatic carbocycles. The van der Waals surface area contributed by atoms with Crippen LogP contribution in [0.3, 0.4) is 0 Å². The van der Waals surface area contributed by atoms with Crippen LogP contribution < -0.4 is 5.32 Å². The third-order valence-electron chi connectivity index (χ3n) is 2.80. The molecule has 98 valence electrons. The maximum Gasteiger partial charge on any atom is 0.319 e. The number of carbonyl (C=O) groups excluding carboxylic acids is 1. The molecule has 0 saturated heterocycles. The third kappa shape index (κ3) is 4.22. The zero-order valence-electron chi connectivity index (χ0n) is 10.5. The number of hydrogen-bond acceptors (Lipinski definition) is 3. The Balaban J connectivity index is 2.07. The third-order valence-corrected chi connectivity index (χ3v) is 4.28. The van der Waals surface area contributed by atoms with Crippen molar-refractivity contribution in [3.63, 3.8) is 0 Å². The number of nitrogens with one attached hydrogen (secondary N) is 1. The van der Waals surface area contributed by atoms with Crippen LogP contribution in [0.4, 0.5) is 0 Å². The Bertz CT molecular complexity index is 287. The van der Waals surface area contributed by atoms with E-state index in [4.69, 9.17) is 5.11 Å². The van der Waals surface area contributed by atoms with Gasteiger partial charge in [-0.2, -0.15) is 11.8 Å². The topological polar surface area (TPSA) is 66.4 Å². The Kier molecular flexibility index (Phi) is 5.31. The van der Waals surface area contributed by atoms with Crippen molar-refractivity contribution in [1.29, 1.82) is 0 Å². The minimum Gasteiger partial charge on any atom is -0.480 e. The molecule has 0 aliphatic heterocycles. The molecular weight excluding hydrogens is 238 g/mol. The molecule has 1 amide bonds. The van der Waals surface area contributed by atoms with Crippen molar-refractivity contribution in [3.8, 4) is 0 Å². The van der Waals surface area contributed by atoms with Crippen LogP contribution in [0.2, 0.25) is 0 Å². The Morgan fingerprint density at radius 2 is 2.06 bits per heavy atom. The summed E-state index contributed by atoms with van der Waals surface area (Å²) in [7, 11) is 0. The summed E-state index contributed by atoms with van der Waals surface area (Å²) in [4.78, 5) is 22.5. The highest BCUT2D eigenvalue weighted by molar-refractivity contribution is 7.99. The minimum absolute atomic E-state index is 0.307. The second kappa shape index (κ2) is 6.28. The molecule has 0 bridgehead atoms. The second-order valence-corrected chi connectivity index (χ2v) is 6.12. The molecule has 0 atom stereocenters. The summed E-state index contributed by atoms with van der Waals surface area (Å²) in [5.41, 5.74) is -1.09. The lowest BCUT2D eigenvalue weighted by Crippen LogP contribution is -2.37. The Labute approximate surface area is 107 Å². The minimum atomic E-state index is -1.09. The molecule has 0 radical (unpaired) electrons. The van der Waals surface area contributed by atoms with Gasteiger partial charge < -0.3 is 10.4 Å². The molecule has 1 fully saturated rings. The van der Waals surface area contributed by atoms with E-state index < -0.39 is 11.4 Å². The van der Waals surface area contributed by atoms with Gasteiger partial charge in [0.25, 0.3) is 0 Å². The molecule has 0 heterocycles. The molecule has 0 aromatic carbocycles. The fourth-order valence-corrected chi connectivity index (χ4v) is 2.51. The van der Waals surface area contributed by atoms with Crippen molar-refractivity contribution >= 4 is 23.6 Å². The number of carboxylic acid groups (broad SMARTS) is 1. The zero-order chi connectivity index (χ0) is 12.9. The molecule has 0 aromatic heterocycles. The molecule has 1 rings (SSSR count). The first-order chi connectivity index (χ1) is 7.99. The summed E-state index contributed by atoms with van der Waals surface area (Å²) < 4.78 is 0. The van der Waals surface area contributed by atoms with Crippen molar-refractivity contribution in [3.05, 3.63) is 0 Å². The van der Waals surface area contributed by atoms with Gasteiger partial charge in [-0.3, -0.25) is 9.59 Å². The van der Waals surface area contributed by atoms with Crippen molar-refractivity contribution in [1.82, 2.24) is 5.32 Å². The van der Waals surface area contributed by atoms with Crippen LogP contribution in [0.25, 0.3) is 0 Å². The zero-order valence-corrected chi connectivity index (χ0v) is 11.3. The summed E-state index contributed by atoms with van der Waals surface area (Å²) in [5.74, 6) is 1.55. The fourth-order valence-electron chi connectivity index (χ4n) is 1.53. The maximum absolute atomic E-state index is 11.6. The van der Waals surface area contributed by atoms with Gasteiger partial charge in [0.2, 0.25) is 5.91 Å². The van der Waals surface area contributed by atoms with Crippen LogP contribution >= 0.6 is 11.8 Å². The van der Waals surface area contributed by atoms with E-state index in [9.17, 15) is 9.59 Å². The summed E-state index contributed by atoms with van der Waals surface area (Å²) in [6.45, 7) is 4.94. The van der Waals surface area contributed by atoms with Gasteiger partial charge in [-0.05, 0) is 36.7 Å². The molecule has 0 spiro atoms. The van der Waals surface area contributed by atoms with Gasteiger partial charge in [-0.25, -0.2) is 0 Å². The van der Waals surface area contributed by atoms with Gasteiger partial charge >= 0.3 is 5.97 Å². The second-order valence-electron chi connectivity index (χ2n) is 4.97. The normalized spacial score (nSPS) is 16.9. The number of rotatable bonds is 8. The lowest BCUT2D eigenvalue weighted by Gasteiger charge is -2.10. The molecule has 1 saturated carbocycles. The van der Waals surface area contributed by atoms with Gasteiger partial charge in [-0.1, -0.05) is 13.8 Å². The van der Waals surface area contributed by atoms with Gasteiger partial charge in [0, 0.05) is 6.54 Å². The molecule has 0 unspecified atom stereocenters. The smallest absolute Gasteiger partial charge is 0.319 e. The SMILES string of the molecule is CC(C)CSCCCNC(=O)C1(C(=O)O)CC1. The average Bonchev–Trinajstić information content (AvgIpc) is 3.03. The number of aliphatic carboxylic acids is 1. The van der Waals surface area contributed by atoms with Crippen LogP contribution in [0.15, 0.2) is 0 Å². The molecule has 4 nitrogen and oxygen atoms in total. The predicted molar refractivity (Wildman–Crippen MR) is 69.1 cm³/mol. The van der Waals surface area contributed by atoms with E-state index in [1.54, 1.807) is 0 Å². The molecular formula is C12H21NO3S. The maximum atomic E-state index is 11.6. The number of carbonyl (C=O) groups is 2. The van der Waals surface area contributed by atoms with Crippen LogP contribution in [-0.2, 0) is 9.59 Å². The van der Waals surface area contributed by atoms with Crippen LogP contribution in [0.5, 0.6) is 0 Å². The number of amides is 1. The number of carboxylic acids is 1. The van der Waals surface area contributed by atoms with Gasteiger partial charge in [-0.15, -0.1) is 0 Å². The first kappa shape index (κ1) is 14.4. The lowest BCUT2D eigenvalue weighted by molar-refractivity contribution is -0.149. The van der Waals surface area contributed by atoms with E-state index >= 15 is 0 Å².